The highest BCUT2D eigenvalue weighted by molar-refractivity contribution is 5.27. The van der Waals surface area contributed by atoms with Gasteiger partial charge in [0.2, 0.25) is 0 Å². The van der Waals surface area contributed by atoms with E-state index in [0.717, 1.165) is 25.3 Å². The van der Waals surface area contributed by atoms with Crippen LogP contribution in [0.25, 0.3) is 0 Å². The third-order valence-corrected chi connectivity index (χ3v) is 3.69. The minimum Gasteiger partial charge on any atom is -0.321 e. The molecule has 0 radical (unpaired) electrons. The largest absolute Gasteiger partial charge is 0.321 e. The quantitative estimate of drug-likeness (QED) is 0.796. The zero-order chi connectivity index (χ0) is 12.6. The van der Waals surface area contributed by atoms with E-state index in [1.54, 1.807) is 0 Å². The van der Waals surface area contributed by atoms with Gasteiger partial charge in [-0.15, -0.1) is 0 Å². The van der Waals surface area contributed by atoms with E-state index in [9.17, 15) is 8.78 Å². The van der Waals surface area contributed by atoms with Gasteiger partial charge in [0.15, 0.2) is 0 Å². The Morgan fingerprint density at radius 2 is 1.76 bits per heavy atom. The molecule has 2 atom stereocenters. The molecule has 1 fully saturated rings. The van der Waals surface area contributed by atoms with E-state index < -0.39 is 17.2 Å². The van der Waals surface area contributed by atoms with Crippen molar-refractivity contribution in [2.45, 2.75) is 38.6 Å². The fraction of sp³-hybridized carbons (Fsp3) is 0.571. The smallest absolute Gasteiger partial charge is 0.128 e. The zero-order valence-electron chi connectivity index (χ0n) is 10.3. The van der Waals surface area contributed by atoms with Gasteiger partial charge < -0.3 is 5.73 Å². The standard InChI is InChI=1S/C14H19F2N/c1-9-5-10(2)8-14(17,7-9)12-6-11(15)3-4-13(12)16/h3-4,6,9-10H,5,7-8,17H2,1-2H3. The third-order valence-electron chi connectivity index (χ3n) is 3.69. The summed E-state index contributed by atoms with van der Waals surface area (Å²) in [5, 5.41) is 0. The molecule has 0 aliphatic heterocycles. The van der Waals surface area contributed by atoms with Crippen LogP contribution in [0.15, 0.2) is 18.2 Å². The fourth-order valence-electron chi connectivity index (χ4n) is 3.28. The maximum atomic E-state index is 13.8. The predicted molar refractivity (Wildman–Crippen MR) is 64.4 cm³/mol. The molecule has 1 aliphatic carbocycles. The lowest BCUT2D eigenvalue weighted by Crippen LogP contribution is -2.44. The summed E-state index contributed by atoms with van der Waals surface area (Å²) in [5.41, 5.74) is 5.93. The molecule has 0 bridgehead atoms. The molecule has 0 amide bonds. The van der Waals surface area contributed by atoms with Crippen molar-refractivity contribution in [1.29, 1.82) is 0 Å². The maximum absolute atomic E-state index is 13.8. The molecule has 1 aromatic carbocycles. The summed E-state index contributed by atoms with van der Waals surface area (Å²) in [6.45, 7) is 4.24. The van der Waals surface area contributed by atoms with Crippen LogP contribution in [0.1, 0.15) is 38.7 Å². The van der Waals surface area contributed by atoms with E-state index in [4.69, 9.17) is 5.73 Å². The first-order chi connectivity index (χ1) is 7.90. The lowest BCUT2D eigenvalue weighted by atomic mass is 9.69. The molecule has 1 aromatic rings. The van der Waals surface area contributed by atoms with Crippen LogP contribution in [0.5, 0.6) is 0 Å². The Morgan fingerprint density at radius 1 is 1.18 bits per heavy atom. The van der Waals surface area contributed by atoms with E-state index in [1.807, 2.05) is 0 Å². The van der Waals surface area contributed by atoms with Crippen LogP contribution in [0, 0.1) is 23.5 Å². The van der Waals surface area contributed by atoms with Crippen LogP contribution in [0.2, 0.25) is 0 Å². The average Bonchev–Trinajstić information content (AvgIpc) is 2.19. The van der Waals surface area contributed by atoms with Crippen molar-refractivity contribution in [3.63, 3.8) is 0 Å². The van der Waals surface area contributed by atoms with Gasteiger partial charge >= 0.3 is 0 Å². The molecule has 2 unspecified atom stereocenters. The third kappa shape index (κ3) is 2.49. The number of nitrogens with two attached hydrogens (primary N) is 1. The molecule has 1 saturated carbocycles. The molecular weight excluding hydrogens is 220 g/mol. The topological polar surface area (TPSA) is 26.0 Å². The maximum Gasteiger partial charge on any atom is 0.128 e. The minimum atomic E-state index is -0.719. The highest BCUT2D eigenvalue weighted by Gasteiger charge is 2.37. The van der Waals surface area contributed by atoms with Gasteiger partial charge in [-0.1, -0.05) is 13.8 Å². The molecule has 0 aromatic heterocycles. The summed E-state index contributed by atoms with van der Waals surface area (Å²) in [4.78, 5) is 0. The summed E-state index contributed by atoms with van der Waals surface area (Å²) in [6, 6.07) is 3.56. The number of hydrogen-bond donors (Lipinski definition) is 1. The number of rotatable bonds is 1. The van der Waals surface area contributed by atoms with Gasteiger partial charge in [-0.25, -0.2) is 8.78 Å². The zero-order valence-corrected chi connectivity index (χ0v) is 10.3. The van der Waals surface area contributed by atoms with E-state index >= 15 is 0 Å². The predicted octanol–water partition coefficient (Wildman–Crippen LogP) is 3.57. The first-order valence-electron chi connectivity index (χ1n) is 6.15. The molecule has 3 heteroatoms. The van der Waals surface area contributed by atoms with Crippen LogP contribution >= 0.6 is 0 Å². The minimum absolute atomic E-state index is 0.330. The Labute approximate surface area is 101 Å². The molecule has 94 valence electrons. The molecule has 0 heterocycles. The van der Waals surface area contributed by atoms with E-state index in [0.29, 0.717) is 17.4 Å². The summed E-state index contributed by atoms with van der Waals surface area (Å²) < 4.78 is 27.1. The van der Waals surface area contributed by atoms with Crippen molar-refractivity contribution in [1.82, 2.24) is 0 Å². The van der Waals surface area contributed by atoms with Gasteiger partial charge in [-0.2, -0.15) is 0 Å². The van der Waals surface area contributed by atoms with Gasteiger partial charge in [0, 0.05) is 11.1 Å². The Bertz CT molecular complexity index is 407. The molecule has 2 rings (SSSR count). The van der Waals surface area contributed by atoms with Crippen LogP contribution in [0.3, 0.4) is 0 Å². The first-order valence-corrected chi connectivity index (χ1v) is 6.15. The van der Waals surface area contributed by atoms with Crippen LogP contribution in [-0.4, -0.2) is 0 Å². The first kappa shape index (κ1) is 12.5. The molecular formula is C14H19F2N. The lowest BCUT2D eigenvalue weighted by Gasteiger charge is -2.40. The van der Waals surface area contributed by atoms with Crippen molar-refractivity contribution >= 4 is 0 Å². The molecule has 1 aliphatic rings. The Kier molecular flexibility index (Phi) is 3.21. The van der Waals surface area contributed by atoms with Crippen molar-refractivity contribution in [2.75, 3.05) is 0 Å². The van der Waals surface area contributed by atoms with Crippen molar-refractivity contribution in [3.8, 4) is 0 Å². The van der Waals surface area contributed by atoms with Gasteiger partial charge in [0.25, 0.3) is 0 Å². The molecule has 1 nitrogen and oxygen atoms in total. The van der Waals surface area contributed by atoms with Crippen LogP contribution < -0.4 is 5.73 Å². The second-order valence-electron chi connectivity index (χ2n) is 5.63. The van der Waals surface area contributed by atoms with Crippen molar-refractivity contribution < 1.29 is 8.78 Å². The molecule has 0 saturated heterocycles. The molecule has 2 N–H and O–H groups in total. The molecule has 17 heavy (non-hydrogen) atoms. The normalized spacial score (nSPS) is 33.7. The Morgan fingerprint density at radius 3 is 2.35 bits per heavy atom. The SMILES string of the molecule is CC1CC(C)CC(N)(c2cc(F)ccc2F)C1. The number of hydrogen-bond acceptors (Lipinski definition) is 1. The van der Waals surface area contributed by atoms with Crippen molar-refractivity contribution in [2.24, 2.45) is 17.6 Å². The summed E-state index contributed by atoms with van der Waals surface area (Å²) >= 11 is 0. The monoisotopic (exact) mass is 239 g/mol. The Balaban J connectivity index is 2.39. The van der Waals surface area contributed by atoms with Crippen LogP contribution in [-0.2, 0) is 5.54 Å². The molecule has 0 spiro atoms. The van der Waals surface area contributed by atoms with Crippen molar-refractivity contribution in [3.05, 3.63) is 35.4 Å². The fourth-order valence-corrected chi connectivity index (χ4v) is 3.28. The van der Waals surface area contributed by atoms with Gasteiger partial charge in [0.05, 0.1) is 0 Å². The highest BCUT2D eigenvalue weighted by atomic mass is 19.1. The van der Waals surface area contributed by atoms with Gasteiger partial charge in [-0.05, 0) is 49.3 Å². The van der Waals surface area contributed by atoms with E-state index in [-0.39, 0.29) is 0 Å². The lowest BCUT2D eigenvalue weighted by molar-refractivity contribution is 0.179. The summed E-state index contributed by atoms with van der Waals surface area (Å²) in [7, 11) is 0. The second-order valence-corrected chi connectivity index (χ2v) is 5.63. The van der Waals surface area contributed by atoms with Gasteiger partial charge in [-0.3, -0.25) is 0 Å². The van der Waals surface area contributed by atoms with E-state index in [1.165, 1.54) is 12.1 Å². The summed E-state index contributed by atoms with van der Waals surface area (Å²) in [6.07, 6.45) is 2.55. The Hall–Kier alpha value is -0.960. The van der Waals surface area contributed by atoms with Gasteiger partial charge in [0.1, 0.15) is 11.6 Å². The number of halogens is 2. The summed E-state index contributed by atoms with van der Waals surface area (Å²) in [5.74, 6) is 0.0881. The highest BCUT2D eigenvalue weighted by Crippen LogP contribution is 2.41. The number of benzene rings is 1. The average molecular weight is 239 g/mol. The van der Waals surface area contributed by atoms with Crippen LogP contribution in [0.4, 0.5) is 8.78 Å². The van der Waals surface area contributed by atoms with E-state index in [2.05, 4.69) is 13.8 Å². The second kappa shape index (κ2) is 4.37.